The third kappa shape index (κ3) is 6.24. The zero-order valence-electron chi connectivity index (χ0n) is 29.4. The van der Waals surface area contributed by atoms with Gasteiger partial charge in [0, 0.05) is 60.5 Å². The molecule has 1 unspecified atom stereocenters. The van der Waals surface area contributed by atoms with E-state index >= 15 is 4.39 Å². The van der Waals surface area contributed by atoms with Crippen LogP contribution in [0.5, 0.6) is 6.01 Å². The number of likely N-dealkylation sites (tertiary alicyclic amines) is 1. The molecule has 1 amide bonds. The average molecular weight is 727 g/mol. The summed E-state index contributed by atoms with van der Waals surface area (Å²) in [7, 11) is 1.89. The Morgan fingerprint density at radius 1 is 1.15 bits per heavy atom. The highest BCUT2D eigenvalue weighted by atomic mass is 35.5. The first kappa shape index (κ1) is 34.4. The molecule has 3 aliphatic rings. The first-order valence-corrected chi connectivity index (χ1v) is 18.1. The Labute approximate surface area is 305 Å². The van der Waals surface area contributed by atoms with E-state index in [2.05, 4.69) is 25.0 Å². The van der Waals surface area contributed by atoms with Crippen molar-refractivity contribution in [3.8, 4) is 17.3 Å². The molecule has 2 aromatic carbocycles. The van der Waals surface area contributed by atoms with Crippen LogP contribution in [0.4, 0.5) is 10.2 Å². The van der Waals surface area contributed by atoms with Crippen LogP contribution in [-0.2, 0) is 10.4 Å². The van der Waals surface area contributed by atoms with Crippen molar-refractivity contribution in [3.05, 3.63) is 71.2 Å². The van der Waals surface area contributed by atoms with Gasteiger partial charge < -0.3 is 24.2 Å². The molecule has 1 atom stereocenters. The van der Waals surface area contributed by atoms with Gasteiger partial charge in [0.2, 0.25) is 11.7 Å². The smallest absolute Gasteiger partial charge is 0.319 e. The molecule has 5 aromatic rings. The van der Waals surface area contributed by atoms with Crippen LogP contribution in [0.3, 0.4) is 0 Å². The molecule has 6 heterocycles. The minimum atomic E-state index is -1.26. The lowest BCUT2D eigenvalue weighted by molar-refractivity contribution is -0.124. The number of aliphatic hydroxyl groups is 1. The lowest BCUT2D eigenvalue weighted by Crippen LogP contribution is -2.43. The summed E-state index contributed by atoms with van der Waals surface area (Å²) < 4.78 is 28.4. The van der Waals surface area contributed by atoms with Crippen molar-refractivity contribution in [1.82, 2.24) is 34.9 Å². The van der Waals surface area contributed by atoms with Gasteiger partial charge in [0.05, 0.1) is 10.9 Å². The summed E-state index contributed by atoms with van der Waals surface area (Å²) in [6.45, 7) is 6.54. The lowest BCUT2D eigenvalue weighted by atomic mass is 9.95. The number of halogens is 2. The van der Waals surface area contributed by atoms with Crippen molar-refractivity contribution in [2.75, 3.05) is 44.7 Å². The van der Waals surface area contributed by atoms with Crippen LogP contribution >= 0.6 is 11.6 Å². The van der Waals surface area contributed by atoms with Crippen LogP contribution in [0.15, 0.2) is 53.2 Å². The monoisotopic (exact) mass is 726 g/mol. The van der Waals surface area contributed by atoms with Crippen LogP contribution in [0.25, 0.3) is 39.0 Å². The molecule has 14 heteroatoms. The first-order chi connectivity index (χ1) is 25.0. The van der Waals surface area contributed by atoms with E-state index in [0.29, 0.717) is 53.3 Å². The average Bonchev–Trinajstić information content (AvgIpc) is 3.94. The number of rotatable bonds is 9. The largest absolute Gasteiger partial charge is 0.461 e. The Kier molecular flexibility index (Phi) is 8.83. The van der Waals surface area contributed by atoms with Gasteiger partial charge in [0.15, 0.2) is 5.82 Å². The number of pyridine rings is 1. The fraction of sp³-hybridized carbons (Fsp3) is 0.421. The summed E-state index contributed by atoms with van der Waals surface area (Å²) in [5, 5.41) is 16.4. The molecule has 8 rings (SSSR count). The standard InChI is InChI=1S/C38H40ClFN8O4/c1-37(2,50)35-42-28(52-45-35)12-13-29(49)47-19-14-24(21-47)46(3)34-26-20-41-32(25-10-4-8-23-9-5-11-27(39)30(23)25)31(40)33(26)43-36(44-34)51-22-38-15-6-17-48(38)18-7-16-38/h4-5,8-13,20,24,50H,6-7,14-19,21-22H2,1-3H3/b13-12+. The molecule has 0 spiro atoms. The number of benzene rings is 2. The highest BCUT2D eigenvalue weighted by Crippen LogP contribution is 2.40. The number of fused-ring (bicyclic) bond motifs is 3. The Balaban J connectivity index is 1.11. The summed E-state index contributed by atoms with van der Waals surface area (Å²) in [5.74, 6) is -0.0869. The van der Waals surface area contributed by atoms with Crippen molar-refractivity contribution in [3.63, 3.8) is 0 Å². The highest BCUT2D eigenvalue weighted by molar-refractivity contribution is 6.36. The third-order valence-corrected chi connectivity index (χ3v) is 11.1. The number of ether oxygens (including phenoxy) is 1. The Morgan fingerprint density at radius 2 is 1.92 bits per heavy atom. The fourth-order valence-corrected chi connectivity index (χ4v) is 8.21. The van der Waals surface area contributed by atoms with Crippen LogP contribution in [0.2, 0.25) is 5.02 Å². The van der Waals surface area contributed by atoms with Gasteiger partial charge >= 0.3 is 6.01 Å². The maximum atomic E-state index is 16.9. The molecule has 12 nitrogen and oxygen atoms in total. The van der Waals surface area contributed by atoms with Crippen molar-refractivity contribution in [2.24, 2.45) is 0 Å². The molecular formula is C38H40ClFN8O4. The number of carbonyl (C=O) groups excluding carboxylic acids is 1. The molecule has 3 aromatic heterocycles. The van der Waals surface area contributed by atoms with Gasteiger partial charge in [-0.15, -0.1) is 0 Å². The van der Waals surface area contributed by atoms with Gasteiger partial charge in [0.1, 0.15) is 29.2 Å². The lowest BCUT2D eigenvalue weighted by Gasteiger charge is -2.31. The quantitative estimate of drug-likeness (QED) is 0.179. The maximum absolute atomic E-state index is 16.9. The van der Waals surface area contributed by atoms with E-state index in [1.807, 2.05) is 42.3 Å². The zero-order chi connectivity index (χ0) is 36.2. The Morgan fingerprint density at radius 3 is 2.67 bits per heavy atom. The van der Waals surface area contributed by atoms with E-state index in [-0.39, 0.29) is 46.4 Å². The minimum absolute atomic E-state index is 0.0526. The summed E-state index contributed by atoms with van der Waals surface area (Å²) in [6, 6.07) is 11.2. The normalized spacial score (nSPS) is 19.0. The molecule has 0 saturated carbocycles. The number of hydrogen-bond donors (Lipinski definition) is 1. The van der Waals surface area contributed by atoms with Crippen molar-refractivity contribution >= 4 is 51.1 Å². The molecule has 0 aliphatic carbocycles. The molecule has 3 saturated heterocycles. The number of likely N-dealkylation sites (N-methyl/N-ethyl adjacent to an activating group) is 1. The van der Waals surface area contributed by atoms with E-state index < -0.39 is 11.4 Å². The van der Waals surface area contributed by atoms with Gasteiger partial charge in [-0.25, -0.2) is 4.39 Å². The predicted octanol–water partition coefficient (Wildman–Crippen LogP) is 6.01. The summed E-state index contributed by atoms with van der Waals surface area (Å²) in [4.78, 5) is 37.7. The third-order valence-electron chi connectivity index (χ3n) is 10.7. The molecule has 52 heavy (non-hydrogen) atoms. The number of hydrogen-bond acceptors (Lipinski definition) is 11. The zero-order valence-corrected chi connectivity index (χ0v) is 30.1. The number of carbonyl (C=O) groups is 1. The van der Waals surface area contributed by atoms with Gasteiger partial charge in [-0.3, -0.25) is 14.7 Å². The van der Waals surface area contributed by atoms with E-state index in [1.54, 1.807) is 31.0 Å². The second-order valence-electron chi connectivity index (χ2n) is 14.5. The topological polar surface area (TPSA) is 134 Å². The van der Waals surface area contributed by atoms with Crippen LogP contribution < -0.4 is 9.64 Å². The van der Waals surface area contributed by atoms with Crippen LogP contribution in [0, 0.1) is 5.82 Å². The minimum Gasteiger partial charge on any atom is -0.461 e. The van der Waals surface area contributed by atoms with Crippen LogP contribution in [-0.4, -0.2) is 97.3 Å². The number of anilines is 1. The SMILES string of the molecule is CN(c1nc(OCC23CCCN2CCC3)nc2c(F)c(-c3cccc4cccc(Cl)c34)ncc12)C1CCN(C(=O)/C=C/c2nc(C(C)(C)O)no2)C1. The molecule has 0 bridgehead atoms. The van der Waals surface area contributed by atoms with Gasteiger partial charge in [-0.2, -0.15) is 15.0 Å². The molecule has 0 radical (unpaired) electrons. The molecule has 3 fully saturated rings. The van der Waals surface area contributed by atoms with E-state index in [0.717, 1.165) is 44.2 Å². The number of nitrogens with zero attached hydrogens (tertiary/aromatic N) is 8. The number of aromatic nitrogens is 5. The summed E-state index contributed by atoms with van der Waals surface area (Å²) >= 11 is 6.64. The molecule has 270 valence electrons. The van der Waals surface area contributed by atoms with Crippen molar-refractivity contribution < 1.29 is 23.6 Å². The van der Waals surface area contributed by atoms with E-state index in [1.165, 1.54) is 12.2 Å². The second kappa shape index (κ2) is 13.4. The maximum Gasteiger partial charge on any atom is 0.319 e. The van der Waals surface area contributed by atoms with Gasteiger partial charge in [-0.05, 0) is 70.5 Å². The molecular weight excluding hydrogens is 687 g/mol. The summed E-state index contributed by atoms with van der Waals surface area (Å²) in [5.41, 5.74) is -0.505. The first-order valence-electron chi connectivity index (χ1n) is 17.7. The Bertz CT molecular complexity index is 2190. The fourth-order valence-electron chi connectivity index (χ4n) is 7.93. The second-order valence-corrected chi connectivity index (χ2v) is 15.0. The predicted molar refractivity (Wildman–Crippen MR) is 195 cm³/mol. The van der Waals surface area contributed by atoms with E-state index in [9.17, 15) is 9.90 Å². The highest BCUT2D eigenvalue weighted by Gasteiger charge is 2.45. The van der Waals surface area contributed by atoms with E-state index in [4.69, 9.17) is 25.8 Å². The van der Waals surface area contributed by atoms with Crippen LogP contribution in [0.1, 0.15) is 57.7 Å². The van der Waals surface area contributed by atoms with Crippen molar-refractivity contribution in [2.45, 2.75) is 63.1 Å². The summed E-state index contributed by atoms with van der Waals surface area (Å²) in [6.07, 6.45) is 9.42. The number of amides is 1. The Hall–Kier alpha value is -4.72. The molecule has 3 aliphatic heterocycles. The van der Waals surface area contributed by atoms with Gasteiger partial charge in [0.25, 0.3) is 5.89 Å². The van der Waals surface area contributed by atoms with Crippen molar-refractivity contribution in [1.29, 1.82) is 0 Å². The van der Waals surface area contributed by atoms with Gasteiger partial charge in [-0.1, -0.05) is 47.1 Å². The molecule has 1 N–H and O–H groups in total.